The van der Waals surface area contributed by atoms with Crippen molar-refractivity contribution in [2.75, 3.05) is 11.9 Å². The number of anilines is 2. The van der Waals surface area contributed by atoms with E-state index in [2.05, 4.69) is 32.9 Å². The van der Waals surface area contributed by atoms with Crippen LogP contribution in [0.4, 0.5) is 15.8 Å². The molecular formula is C16H14FIN4O2S. The van der Waals surface area contributed by atoms with Crippen molar-refractivity contribution in [1.29, 1.82) is 0 Å². The van der Waals surface area contributed by atoms with Crippen LogP contribution in [-0.2, 0) is 10.0 Å². The SMILES string of the molecule is NC1=NCC=C1c1cc(S(N)(=O)=O)c(F)cc1Nc1ccc(I)cc1. The lowest BCUT2D eigenvalue weighted by molar-refractivity contribution is 0.568. The van der Waals surface area contributed by atoms with E-state index in [1.807, 2.05) is 24.3 Å². The molecule has 0 radical (unpaired) electrons. The summed E-state index contributed by atoms with van der Waals surface area (Å²) in [6.07, 6.45) is 1.74. The summed E-state index contributed by atoms with van der Waals surface area (Å²) < 4.78 is 38.6. The molecule has 1 heterocycles. The van der Waals surface area contributed by atoms with Gasteiger partial charge in [-0.1, -0.05) is 6.08 Å². The minimum Gasteiger partial charge on any atom is -0.383 e. The van der Waals surface area contributed by atoms with Gasteiger partial charge in [-0.05, 0) is 59.0 Å². The van der Waals surface area contributed by atoms with Crippen LogP contribution in [0.25, 0.3) is 5.57 Å². The summed E-state index contributed by atoms with van der Waals surface area (Å²) in [5, 5.41) is 8.20. The van der Waals surface area contributed by atoms with E-state index in [1.165, 1.54) is 6.07 Å². The lowest BCUT2D eigenvalue weighted by Crippen LogP contribution is -2.17. The Morgan fingerprint density at radius 2 is 1.88 bits per heavy atom. The molecule has 3 rings (SSSR count). The fourth-order valence-electron chi connectivity index (χ4n) is 2.46. The van der Waals surface area contributed by atoms with E-state index in [1.54, 1.807) is 6.08 Å². The average Bonchev–Trinajstić information content (AvgIpc) is 2.94. The van der Waals surface area contributed by atoms with Gasteiger partial charge in [0.2, 0.25) is 10.0 Å². The second-order valence-corrected chi connectivity index (χ2v) is 8.12. The molecule has 1 aliphatic rings. The third kappa shape index (κ3) is 3.83. The lowest BCUT2D eigenvalue weighted by Gasteiger charge is -2.15. The Bertz CT molecular complexity index is 1000. The van der Waals surface area contributed by atoms with Crippen LogP contribution in [0.1, 0.15) is 5.56 Å². The van der Waals surface area contributed by atoms with Gasteiger partial charge in [-0.25, -0.2) is 17.9 Å². The number of hydrogen-bond acceptors (Lipinski definition) is 5. The molecule has 0 fully saturated rings. The summed E-state index contributed by atoms with van der Waals surface area (Å²) in [6, 6.07) is 9.72. The molecule has 0 saturated heterocycles. The maximum Gasteiger partial charge on any atom is 0.240 e. The summed E-state index contributed by atoms with van der Waals surface area (Å²) in [7, 11) is -4.21. The van der Waals surface area contributed by atoms with Gasteiger partial charge in [0.05, 0.1) is 6.54 Å². The van der Waals surface area contributed by atoms with Crippen molar-refractivity contribution in [3.8, 4) is 0 Å². The van der Waals surface area contributed by atoms with E-state index in [-0.39, 0.29) is 5.84 Å². The highest BCUT2D eigenvalue weighted by atomic mass is 127. The molecule has 0 unspecified atom stereocenters. The summed E-state index contributed by atoms with van der Waals surface area (Å²) >= 11 is 2.18. The number of hydrogen-bond donors (Lipinski definition) is 3. The quantitative estimate of drug-likeness (QED) is 0.595. The van der Waals surface area contributed by atoms with Crippen LogP contribution < -0.4 is 16.2 Å². The fourth-order valence-corrected chi connectivity index (χ4v) is 3.43. The molecule has 6 nitrogen and oxygen atoms in total. The van der Waals surface area contributed by atoms with Crippen molar-refractivity contribution in [2.24, 2.45) is 15.9 Å². The molecule has 0 saturated carbocycles. The van der Waals surface area contributed by atoms with Crippen molar-refractivity contribution >= 4 is 55.4 Å². The predicted octanol–water partition coefficient (Wildman–Crippen LogP) is 2.58. The summed E-state index contributed by atoms with van der Waals surface area (Å²) in [5.41, 5.74) is 7.92. The Labute approximate surface area is 158 Å². The lowest BCUT2D eigenvalue weighted by atomic mass is 10.0. The highest BCUT2D eigenvalue weighted by molar-refractivity contribution is 14.1. The molecular weight excluding hydrogens is 458 g/mol. The van der Waals surface area contributed by atoms with Crippen molar-refractivity contribution in [1.82, 2.24) is 0 Å². The third-order valence-electron chi connectivity index (χ3n) is 3.62. The largest absolute Gasteiger partial charge is 0.383 e. The maximum absolute atomic E-state index is 14.3. The number of nitrogens with one attached hydrogen (secondary N) is 1. The smallest absolute Gasteiger partial charge is 0.240 e. The number of amidine groups is 1. The highest BCUT2D eigenvalue weighted by Crippen LogP contribution is 2.32. The zero-order valence-corrected chi connectivity index (χ0v) is 15.8. The van der Waals surface area contributed by atoms with Crippen molar-refractivity contribution < 1.29 is 12.8 Å². The number of primary sulfonamides is 1. The van der Waals surface area contributed by atoms with Gasteiger partial charge in [-0.2, -0.15) is 0 Å². The number of sulfonamides is 1. The van der Waals surface area contributed by atoms with Gasteiger partial charge in [0.15, 0.2) is 0 Å². The zero-order valence-electron chi connectivity index (χ0n) is 12.8. The van der Waals surface area contributed by atoms with Crippen LogP contribution in [0.2, 0.25) is 0 Å². The molecule has 0 spiro atoms. The second kappa shape index (κ2) is 6.73. The molecule has 0 bridgehead atoms. The van der Waals surface area contributed by atoms with Gasteiger partial charge >= 0.3 is 0 Å². The van der Waals surface area contributed by atoms with Gasteiger partial charge in [0.1, 0.15) is 16.5 Å². The Balaban J connectivity index is 2.14. The van der Waals surface area contributed by atoms with Crippen LogP contribution in [0.5, 0.6) is 0 Å². The first-order valence-electron chi connectivity index (χ1n) is 7.15. The van der Waals surface area contributed by atoms with Crippen LogP contribution in [-0.4, -0.2) is 20.8 Å². The highest BCUT2D eigenvalue weighted by Gasteiger charge is 2.22. The van der Waals surface area contributed by atoms with E-state index in [4.69, 9.17) is 10.9 Å². The zero-order chi connectivity index (χ0) is 18.2. The molecule has 5 N–H and O–H groups in total. The Hall–Kier alpha value is -1.98. The maximum atomic E-state index is 14.3. The number of nitrogens with zero attached hydrogens (tertiary/aromatic N) is 1. The van der Waals surface area contributed by atoms with Crippen LogP contribution in [0, 0.1) is 9.39 Å². The molecule has 1 aliphatic heterocycles. The molecule has 0 amide bonds. The van der Waals surface area contributed by atoms with Gasteiger partial charge in [0.25, 0.3) is 0 Å². The normalized spacial score (nSPS) is 14.2. The number of nitrogens with two attached hydrogens (primary N) is 2. The minimum absolute atomic E-state index is 0.262. The van der Waals surface area contributed by atoms with Crippen LogP contribution in [0.15, 0.2) is 52.4 Å². The molecule has 0 aromatic heterocycles. The van der Waals surface area contributed by atoms with Crippen molar-refractivity contribution in [3.05, 3.63) is 57.4 Å². The molecule has 0 aliphatic carbocycles. The van der Waals surface area contributed by atoms with Crippen molar-refractivity contribution in [2.45, 2.75) is 4.90 Å². The number of benzene rings is 2. The monoisotopic (exact) mass is 472 g/mol. The van der Waals surface area contributed by atoms with Crippen molar-refractivity contribution in [3.63, 3.8) is 0 Å². The molecule has 0 atom stereocenters. The van der Waals surface area contributed by atoms with E-state index < -0.39 is 20.7 Å². The van der Waals surface area contributed by atoms with E-state index in [9.17, 15) is 12.8 Å². The first-order valence-corrected chi connectivity index (χ1v) is 9.78. The molecule has 2 aromatic rings. The van der Waals surface area contributed by atoms with Gasteiger partial charge in [-0.3, -0.25) is 4.99 Å². The Morgan fingerprint density at radius 1 is 1.20 bits per heavy atom. The van der Waals surface area contributed by atoms with E-state index in [0.717, 1.165) is 15.3 Å². The minimum atomic E-state index is -4.21. The predicted molar refractivity (Wildman–Crippen MR) is 105 cm³/mol. The summed E-state index contributed by atoms with van der Waals surface area (Å²) in [6.45, 7) is 0.381. The van der Waals surface area contributed by atoms with Crippen LogP contribution in [0.3, 0.4) is 0 Å². The standard InChI is InChI=1S/C16H14FIN4O2S/c17-13-8-14(22-10-3-1-9(18)2-4-10)12(7-15(13)25(20,23)24)11-5-6-21-16(11)19/h1-5,7-8,22H,6H2,(H2,19,21)(H2,20,23,24). The third-order valence-corrected chi connectivity index (χ3v) is 5.27. The Kier molecular flexibility index (Phi) is 4.80. The second-order valence-electron chi connectivity index (χ2n) is 5.35. The Morgan fingerprint density at radius 3 is 2.44 bits per heavy atom. The number of rotatable bonds is 4. The topological polar surface area (TPSA) is 111 Å². The number of aliphatic imine (C=N–C) groups is 1. The van der Waals surface area contributed by atoms with Gasteiger partial charge < -0.3 is 11.1 Å². The van der Waals surface area contributed by atoms with E-state index >= 15 is 0 Å². The average molecular weight is 472 g/mol. The fraction of sp³-hybridized carbons (Fsp3) is 0.0625. The summed E-state index contributed by atoms with van der Waals surface area (Å²) in [4.78, 5) is 3.48. The molecule has 130 valence electrons. The van der Waals surface area contributed by atoms with E-state index in [0.29, 0.717) is 23.4 Å². The van der Waals surface area contributed by atoms with Crippen LogP contribution >= 0.6 is 22.6 Å². The first kappa shape index (κ1) is 17.8. The molecule has 25 heavy (non-hydrogen) atoms. The summed E-state index contributed by atoms with van der Waals surface area (Å²) in [5.74, 6) is -0.675. The number of halogens is 2. The van der Waals surface area contributed by atoms with Gasteiger partial charge in [0, 0.05) is 26.1 Å². The molecule has 9 heteroatoms. The molecule has 2 aromatic carbocycles. The first-order chi connectivity index (χ1) is 11.8. The van der Waals surface area contributed by atoms with Gasteiger partial charge in [-0.15, -0.1) is 0 Å².